The number of benzene rings is 1. The highest BCUT2D eigenvalue weighted by Crippen LogP contribution is 2.20. The number of hydrogen-bond donors (Lipinski definition) is 1. The zero-order chi connectivity index (χ0) is 15.1. The minimum atomic E-state index is -1.08. The zero-order valence-electron chi connectivity index (χ0n) is 11.9. The number of hydrogen-bond acceptors (Lipinski definition) is 4. The van der Waals surface area contributed by atoms with Crippen molar-refractivity contribution in [2.45, 2.75) is 13.3 Å². The molecule has 1 N–H and O–H groups in total. The maximum absolute atomic E-state index is 11.2. The van der Waals surface area contributed by atoms with Crippen molar-refractivity contribution in [1.82, 2.24) is 9.78 Å². The van der Waals surface area contributed by atoms with Gasteiger partial charge in [-0.1, -0.05) is 25.1 Å². The largest absolute Gasteiger partial charge is 0.489 e. The van der Waals surface area contributed by atoms with Crippen LogP contribution in [0.5, 0.6) is 5.75 Å². The molecule has 0 bridgehead atoms. The summed E-state index contributed by atoms with van der Waals surface area (Å²) in [7, 11) is 0. The number of para-hydroxylation sites is 1. The monoisotopic (exact) mass is 306 g/mol. The summed E-state index contributed by atoms with van der Waals surface area (Å²) in [6.45, 7) is 2.60. The number of aromatic carboxylic acids is 1. The van der Waals surface area contributed by atoms with Gasteiger partial charge in [0.05, 0.1) is 18.5 Å². The fourth-order valence-corrected chi connectivity index (χ4v) is 2.42. The van der Waals surface area contributed by atoms with Crippen molar-refractivity contribution in [1.29, 1.82) is 0 Å². The van der Waals surface area contributed by atoms with Crippen LogP contribution in [-0.4, -0.2) is 39.0 Å². The van der Waals surface area contributed by atoms with Crippen LogP contribution in [0.15, 0.2) is 36.5 Å². The van der Waals surface area contributed by atoms with Crippen LogP contribution < -0.4 is 4.74 Å². The third-order valence-electron chi connectivity index (χ3n) is 2.80. The molecule has 0 aliphatic carbocycles. The van der Waals surface area contributed by atoms with Gasteiger partial charge in [-0.25, -0.2) is 9.48 Å². The van der Waals surface area contributed by atoms with Crippen molar-refractivity contribution >= 4 is 17.7 Å². The molecule has 1 aromatic heterocycles. The number of carbonyl (C=O) groups is 1. The number of ether oxygens (including phenoxy) is 1. The zero-order valence-corrected chi connectivity index (χ0v) is 12.7. The molecule has 21 heavy (non-hydrogen) atoms. The van der Waals surface area contributed by atoms with E-state index in [4.69, 9.17) is 4.74 Å². The topological polar surface area (TPSA) is 64.4 Å². The van der Waals surface area contributed by atoms with Gasteiger partial charge in [-0.05, 0) is 30.1 Å². The number of rotatable bonds is 8. The van der Waals surface area contributed by atoms with Crippen LogP contribution in [0.4, 0.5) is 0 Å². The predicted molar refractivity (Wildman–Crippen MR) is 83.6 cm³/mol. The van der Waals surface area contributed by atoms with Crippen LogP contribution in [0.1, 0.15) is 23.8 Å². The molecule has 2 rings (SSSR count). The number of nitrogens with zero attached hydrogens (tertiary/aromatic N) is 2. The molecule has 1 aromatic carbocycles. The summed E-state index contributed by atoms with van der Waals surface area (Å²) in [5.74, 6) is 1.31. The van der Waals surface area contributed by atoms with Gasteiger partial charge in [-0.15, -0.1) is 0 Å². The van der Waals surface area contributed by atoms with Gasteiger partial charge in [0.2, 0.25) is 5.69 Å². The summed E-state index contributed by atoms with van der Waals surface area (Å²) in [5.41, 5.74) is 0.749. The third kappa shape index (κ3) is 4.26. The molecule has 0 fully saturated rings. The van der Waals surface area contributed by atoms with E-state index in [9.17, 15) is 9.90 Å². The Labute approximate surface area is 127 Å². The fraction of sp³-hybridized carbons (Fsp3) is 0.333. The Kier molecular flexibility index (Phi) is 5.68. The second-order valence-corrected chi connectivity index (χ2v) is 5.72. The van der Waals surface area contributed by atoms with E-state index in [1.165, 1.54) is 4.68 Å². The average molecular weight is 306 g/mol. The van der Waals surface area contributed by atoms with Gasteiger partial charge in [-0.2, -0.15) is 16.9 Å². The molecule has 5 nitrogen and oxygen atoms in total. The highest BCUT2D eigenvalue weighted by atomic mass is 32.2. The van der Waals surface area contributed by atoms with Gasteiger partial charge >= 0.3 is 5.97 Å². The van der Waals surface area contributed by atoms with Crippen molar-refractivity contribution in [3.8, 4) is 11.4 Å². The molecule has 2 aromatic rings. The molecule has 0 saturated carbocycles. The smallest absolute Gasteiger partial charge is 0.360 e. The Hall–Kier alpha value is -1.95. The number of carboxylic acid groups (broad SMARTS) is 1. The van der Waals surface area contributed by atoms with E-state index in [0.717, 1.165) is 23.6 Å². The summed E-state index contributed by atoms with van der Waals surface area (Å²) >= 11 is 1.84. The van der Waals surface area contributed by atoms with Gasteiger partial charge in [0.1, 0.15) is 0 Å². The molecule has 0 unspecified atom stereocenters. The molecule has 0 atom stereocenters. The van der Waals surface area contributed by atoms with Gasteiger partial charge in [0.25, 0.3) is 0 Å². The second-order valence-electron chi connectivity index (χ2n) is 4.33. The summed E-state index contributed by atoms with van der Waals surface area (Å²) in [6, 6.07) is 9.37. The Morgan fingerprint density at radius 2 is 2.14 bits per heavy atom. The summed E-state index contributed by atoms with van der Waals surface area (Å²) < 4.78 is 7.10. The first-order chi connectivity index (χ1) is 10.2. The number of aromatic nitrogens is 2. The standard InChI is InChI=1S/C15H18N2O3S/c1-2-21-10-6-9-20-13-11-17(16-14(13)15(18)19)12-7-4-3-5-8-12/h3-5,7-8,11H,2,6,9-10H2,1H3,(H,18,19). The van der Waals surface area contributed by atoms with Crippen molar-refractivity contribution in [2.75, 3.05) is 18.1 Å². The van der Waals surface area contributed by atoms with Crippen molar-refractivity contribution < 1.29 is 14.6 Å². The Morgan fingerprint density at radius 1 is 1.38 bits per heavy atom. The molecule has 0 saturated heterocycles. The van der Waals surface area contributed by atoms with E-state index in [1.54, 1.807) is 6.20 Å². The average Bonchev–Trinajstić information content (AvgIpc) is 2.92. The molecular weight excluding hydrogens is 288 g/mol. The molecule has 0 radical (unpaired) electrons. The van der Waals surface area contributed by atoms with E-state index in [1.807, 2.05) is 42.1 Å². The molecule has 0 amide bonds. The first kappa shape index (κ1) is 15.4. The van der Waals surface area contributed by atoms with E-state index >= 15 is 0 Å². The van der Waals surface area contributed by atoms with Gasteiger partial charge in [0, 0.05) is 0 Å². The van der Waals surface area contributed by atoms with Gasteiger partial charge < -0.3 is 9.84 Å². The summed E-state index contributed by atoms with van der Waals surface area (Å²) in [5, 5.41) is 13.3. The van der Waals surface area contributed by atoms with Crippen LogP contribution in [0.3, 0.4) is 0 Å². The molecule has 112 valence electrons. The van der Waals surface area contributed by atoms with Gasteiger partial charge in [-0.3, -0.25) is 0 Å². The lowest BCUT2D eigenvalue weighted by molar-refractivity contribution is 0.0685. The molecule has 0 aliphatic rings. The maximum atomic E-state index is 11.2. The van der Waals surface area contributed by atoms with Crippen molar-refractivity contribution in [2.24, 2.45) is 0 Å². The van der Waals surface area contributed by atoms with E-state index in [2.05, 4.69) is 12.0 Å². The lowest BCUT2D eigenvalue weighted by Gasteiger charge is -2.03. The van der Waals surface area contributed by atoms with E-state index < -0.39 is 5.97 Å². The minimum Gasteiger partial charge on any atom is -0.489 e. The predicted octanol–water partition coefficient (Wildman–Crippen LogP) is 3.09. The van der Waals surface area contributed by atoms with Crippen molar-refractivity contribution in [3.63, 3.8) is 0 Å². The van der Waals surface area contributed by atoms with Gasteiger partial charge in [0.15, 0.2) is 5.75 Å². The number of thioether (sulfide) groups is 1. The number of carboxylic acids is 1. The quantitative estimate of drug-likeness (QED) is 0.759. The van der Waals surface area contributed by atoms with E-state index in [-0.39, 0.29) is 5.69 Å². The highest BCUT2D eigenvalue weighted by Gasteiger charge is 2.17. The molecule has 0 aliphatic heterocycles. The van der Waals surface area contributed by atoms with Crippen LogP contribution in [0.25, 0.3) is 5.69 Å². The Morgan fingerprint density at radius 3 is 2.81 bits per heavy atom. The van der Waals surface area contributed by atoms with Crippen LogP contribution in [0.2, 0.25) is 0 Å². The third-order valence-corrected chi connectivity index (χ3v) is 3.78. The maximum Gasteiger partial charge on any atom is 0.360 e. The molecular formula is C15H18N2O3S. The second kappa shape index (κ2) is 7.73. The molecule has 6 heteroatoms. The lowest BCUT2D eigenvalue weighted by atomic mass is 10.3. The molecule has 1 heterocycles. The first-order valence-electron chi connectivity index (χ1n) is 6.81. The first-order valence-corrected chi connectivity index (χ1v) is 7.96. The molecule has 0 spiro atoms. The Balaban J connectivity index is 2.09. The van der Waals surface area contributed by atoms with Crippen LogP contribution in [-0.2, 0) is 0 Å². The van der Waals surface area contributed by atoms with E-state index in [0.29, 0.717) is 12.4 Å². The normalized spacial score (nSPS) is 10.5. The highest BCUT2D eigenvalue weighted by molar-refractivity contribution is 7.99. The Bertz CT molecular complexity index is 584. The fourth-order valence-electron chi connectivity index (χ4n) is 1.81. The minimum absolute atomic E-state index is 0.0537. The van der Waals surface area contributed by atoms with Crippen LogP contribution >= 0.6 is 11.8 Å². The SMILES string of the molecule is CCSCCCOc1cn(-c2ccccc2)nc1C(=O)O. The van der Waals surface area contributed by atoms with Crippen LogP contribution in [0, 0.1) is 0 Å². The summed E-state index contributed by atoms with van der Waals surface area (Å²) in [4.78, 5) is 11.2. The van der Waals surface area contributed by atoms with Crippen molar-refractivity contribution in [3.05, 3.63) is 42.2 Å². The lowest BCUT2D eigenvalue weighted by Crippen LogP contribution is -2.04. The summed E-state index contributed by atoms with van der Waals surface area (Å²) in [6.07, 6.45) is 2.50.